The molecule has 0 atom stereocenters. The largest absolute Gasteiger partial charge is 0.298 e. The second-order valence-electron chi connectivity index (χ2n) is 6.51. The van der Waals surface area contributed by atoms with E-state index in [-0.39, 0.29) is 5.41 Å². The van der Waals surface area contributed by atoms with E-state index in [1.165, 1.54) is 11.8 Å². The first-order valence-electron chi connectivity index (χ1n) is 7.95. The molecule has 0 amide bonds. The van der Waals surface area contributed by atoms with Gasteiger partial charge in [-0.25, -0.2) is 9.97 Å². The van der Waals surface area contributed by atoms with Crippen molar-refractivity contribution in [1.29, 1.82) is 0 Å². The van der Waals surface area contributed by atoms with Crippen LogP contribution in [0.3, 0.4) is 0 Å². The zero-order valence-corrected chi connectivity index (χ0v) is 15.4. The van der Waals surface area contributed by atoms with Crippen LogP contribution in [-0.2, 0) is 12.0 Å². The Balaban J connectivity index is 1.96. The van der Waals surface area contributed by atoms with E-state index in [0.29, 0.717) is 6.54 Å². The molecule has 0 saturated heterocycles. The van der Waals surface area contributed by atoms with E-state index < -0.39 is 0 Å². The molecule has 0 aliphatic rings. The minimum atomic E-state index is -0.104. The Hall–Kier alpha value is -2.54. The molecule has 3 heterocycles. The molecule has 7 heteroatoms. The fourth-order valence-corrected chi connectivity index (χ4v) is 3.03. The van der Waals surface area contributed by atoms with Crippen molar-refractivity contribution in [1.82, 2.24) is 29.7 Å². The summed E-state index contributed by atoms with van der Waals surface area (Å²) in [5.74, 6) is 1.59. The highest BCUT2D eigenvalue weighted by Gasteiger charge is 2.19. The van der Waals surface area contributed by atoms with Gasteiger partial charge in [-0.05, 0) is 30.0 Å². The lowest BCUT2D eigenvalue weighted by atomic mass is 9.96. The van der Waals surface area contributed by atoms with E-state index in [2.05, 4.69) is 52.5 Å². The van der Waals surface area contributed by atoms with Gasteiger partial charge < -0.3 is 0 Å². The minimum Gasteiger partial charge on any atom is -0.298 e. The summed E-state index contributed by atoms with van der Waals surface area (Å²) in [5.41, 5.74) is 0.863. The lowest BCUT2D eigenvalue weighted by Crippen LogP contribution is -2.15. The van der Waals surface area contributed by atoms with E-state index in [9.17, 15) is 0 Å². The molecule has 0 fully saturated rings. The zero-order chi connectivity index (χ0) is 17.9. The van der Waals surface area contributed by atoms with Crippen molar-refractivity contribution in [3.8, 4) is 11.4 Å². The van der Waals surface area contributed by atoms with Crippen LogP contribution in [0.1, 0.15) is 26.6 Å². The minimum absolute atomic E-state index is 0.104. The van der Waals surface area contributed by atoms with Gasteiger partial charge in [-0.2, -0.15) is 0 Å². The maximum absolute atomic E-state index is 4.66. The van der Waals surface area contributed by atoms with Crippen LogP contribution in [0.4, 0.5) is 0 Å². The molecular formula is C18H20N6S. The Labute approximate surface area is 151 Å². The average molecular weight is 352 g/mol. The van der Waals surface area contributed by atoms with Crippen LogP contribution >= 0.6 is 11.8 Å². The van der Waals surface area contributed by atoms with Crippen molar-refractivity contribution in [2.45, 2.75) is 42.9 Å². The third-order valence-corrected chi connectivity index (χ3v) is 4.38. The number of allylic oxidation sites excluding steroid dienone is 1. The molecule has 6 nitrogen and oxygen atoms in total. The lowest BCUT2D eigenvalue weighted by molar-refractivity contribution is 0.538. The van der Waals surface area contributed by atoms with Crippen LogP contribution in [0, 0.1) is 0 Å². The van der Waals surface area contributed by atoms with Crippen molar-refractivity contribution in [2.75, 3.05) is 0 Å². The second kappa shape index (κ2) is 7.14. The van der Waals surface area contributed by atoms with Crippen LogP contribution in [-0.4, -0.2) is 29.7 Å². The van der Waals surface area contributed by atoms with Crippen LogP contribution in [0.25, 0.3) is 11.4 Å². The van der Waals surface area contributed by atoms with Gasteiger partial charge in [0.2, 0.25) is 0 Å². The van der Waals surface area contributed by atoms with Crippen LogP contribution in [0.15, 0.2) is 59.6 Å². The predicted molar refractivity (Wildman–Crippen MR) is 98.3 cm³/mol. The van der Waals surface area contributed by atoms with Gasteiger partial charge in [0.1, 0.15) is 10.9 Å². The van der Waals surface area contributed by atoms with Crippen LogP contribution in [0.2, 0.25) is 0 Å². The molecule has 0 spiro atoms. The van der Waals surface area contributed by atoms with Crippen molar-refractivity contribution in [3.63, 3.8) is 0 Å². The molecule has 3 aromatic heterocycles. The zero-order valence-electron chi connectivity index (χ0n) is 14.5. The molecule has 0 aromatic carbocycles. The fourth-order valence-electron chi connectivity index (χ4n) is 2.23. The van der Waals surface area contributed by atoms with Gasteiger partial charge in [0, 0.05) is 36.1 Å². The normalized spacial score (nSPS) is 11.5. The van der Waals surface area contributed by atoms with E-state index in [4.69, 9.17) is 0 Å². The first-order valence-corrected chi connectivity index (χ1v) is 8.76. The summed E-state index contributed by atoms with van der Waals surface area (Å²) in [7, 11) is 0. The highest BCUT2D eigenvalue weighted by Crippen LogP contribution is 2.29. The number of hydrogen-bond acceptors (Lipinski definition) is 6. The summed E-state index contributed by atoms with van der Waals surface area (Å²) in [4.78, 5) is 13.1. The number of nitrogens with zero attached hydrogens (tertiary/aromatic N) is 6. The van der Waals surface area contributed by atoms with Gasteiger partial charge in [-0.3, -0.25) is 9.55 Å². The highest BCUT2D eigenvalue weighted by molar-refractivity contribution is 7.99. The summed E-state index contributed by atoms with van der Waals surface area (Å²) >= 11 is 1.47. The van der Waals surface area contributed by atoms with Gasteiger partial charge in [0.15, 0.2) is 11.0 Å². The first kappa shape index (κ1) is 17.3. The van der Waals surface area contributed by atoms with E-state index in [0.717, 1.165) is 27.4 Å². The summed E-state index contributed by atoms with van der Waals surface area (Å²) in [6, 6.07) is 5.72. The molecule has 0 bridgehead atoms. The smallest absolute Gasteiger partial charge is 0.198 e. The molecular weight excluding hydrogens is 332 g/mol. The highest BCUT2D eigenvalue weighted by atomic mass is 32.2. The van der Waals surface area contributed by atoms with Crippen LogP contribution < -0.4 is 0 Å². The SMILES string of the molecule is C=CCn1c(Sc2ccnc(C(C)(C)C)n2)nnc1-c1ccncc1. The third kappa shape index (κ3) is 3.93. The molecule has 0 N–H and O–H groups in total. The van der Waals surface area contributed by atoms with Gasteiger partial charge in [-0.15, -0.1) is 16.8 Å². The number of hydrogen-bond donors (Lipinski definition) is 0. The van der Waals surface area contributed by atoms with Crippen molar-refractivity contribution >= 4 is 11.8 Å². The fraction of sp³-hybridized carbons (Fsp3) is 0.278. The van der Waals surface area contributed by atoms with E-state index in [1.54, 1.807) is 18.6 Å². The van der Waals surface area contributed by atoms with Crippen molar-refractivity contribution in [2.24, 2.45) is 0 Å². The summed E-state index contributed by atoms with van der Waals surface area (Å²) in [5, 5.41) is 10.3. The maximum Gasteiger partial charge on any atom is 0.198 e. The van der Waals surface area contributed by atoms with Gasteiger partial charge in [0.05, 0.1) is 0 Å². The van der Waals surface area contributed by atoms with E-state index in [1.807, 2.05) is 28.8 Å². The Morgan fingerprint density at radius 1 is 1.12 bits per heavy atom. The van der Waals surface area contributed by atoms with Crippen molar-refractivity contribution in [3.05, 3.63) is 55.3 Å². The Bertz CT molecular complexity index is 867. The summed E-state index contributed by atoms with van der Waals surface area (Å²) in [6.45, 7) is 10.7. The molecule has 3 rings (SSSR count). The number of pyridine rings is 1. The summed E-state index contributed by atoms with van der Waals surface area (Å²) < 4.78 is 2.02. The topological polar surface area (TPSA) is 69.4 Å². The molecule has 0 unspecified atom stereocenters. The molecule has 0 saturated carbocycles. The monoisotopic (exact) mass is 352 g/mol. The third-order valence-electron chi connectivity index (χ3n) is 3.46. The molecule has 3 aromatic rings. The molecule has 0 aliphatic heterocycles. The van der Waals surface area contributed by atoms with Gasteiger partial charge in [-0.1, -0.05) is 26.8 Å². The first-order chi connectivity index (χ1) is 12.0. The molecule has 128 valence electrons. The average Bonchev–Trinajstić information content (AvgIpc) is 2.98. The maximum atomic E-state index is 4.66. The summed E-state index contributed by atoms with van der Waals surface area (Å²) in [6.07, 6.45) is 7.11. The predicted octanol–water partition coefficient (Wildman–Crippen LogP) is 3.76. The molecule has 0 radical (unpaired) electrons. The Morgan fingerprint density at radius 3 is 2.56 bits per heavy atom. The lowest BCUT2D eigenvalue weighted by Gasteiger charge is -2.16. The molecule has 0 aliphatic carbocycles. The van der Waals surface area contributed by atoms with Gasteiger partial charge >= 0.3 is 0 Å². The number of rotatable bonds is 5. The quantitative estimate of drug-likeness (QED) is 0.514. The Kier molecular flexibility index (Phi) is 4.94. The van der Waals surface area contributed by atoms with Crippen LogP contribution in [0.5, 0.6) is 0 Å². The number of aromatic nitrogens is 6. The van der Waals surface area contributed by atoms with Crippen molar-refractivity contribution < 1.29 is 0 Å². The second-order valence-corrected chi connectivity index (χ2v) is 7.50. The Morgan fingerprint density at radius 2 is 1.88 bits per heavy atom. The van der Waals surface area contributed by atoms with Gasteiger partial charge in [0.25, 0.3) is 0 Å². The van der Waals surface area contributed by atoms with E-state index >= 15 is 0 Å². The standard InChI is InChI=1S/C18H20N6S/c1-5-12-24-15(13-6-9-19-10-7-13)22-23-17(24)25-14-8-11-20-16(21-14)18(2,3)4/h5-11H,1,12H2,2-4H3. The molecule has 25 heavy (non-hydrogen) atoms.